The van der Waals surface area contributed by atoms with Gasteiger partial charge in [-0.3, -0.25) is 4.79 Å². The fraction of sp³-hybridized carbons (Fsp3) is 0.833. The largest absolute Gasteiger partial charge is 0.481 e. The summed E-state index contributed by atoms with van der Waals surface area (Å²) >= 11 is 0. The molecule has 3 N–H and O–H groups in total. The summed E-state index contributed by atoms with van der Waals surface area (Å²) in [5, 5.41) is 15.0. The van der Waals surface area contributed by atoms with Gasteiger partial charge in [0, 0.05) is 13.6 Å². The summed E-state index contributed by atoms with van der Waals surface area (Å²) in [7, 11) is 1.61. The normalized spacial score (nSPS) is 22.2. The van der Waals surface area contributed by atoms with Gasteiger partial charge in [0.05, 0.1) is 19.3 Å². The Morgan fingerprint density at radius 1 is 1.37 bits per heavy atom. The summed E-state index contributed by atoms with van der Waals surface area (Å²) in [5.41, 5.74) is 0. The third-order valence-electron chi connectivity index (χ3n) is 3.24. The molecule has 0 aromatic heterocycles. The minimum absolute atomic E-state index is 0.165. The molecule has 1 saturated heterocycles. The first-order valence-corrected chi connectivity index (χ1v) is 6.59. The van der Waals surface area contributed by atoms with E-state index in [4.69, 9.17) is 9.84 Å². The van der Waals surface area contributed by atoms with E-state index in [9.17, 15) is 9.59 Å². The molecule has 2 amide bonds. The van der Waals surface area contributed by atoms with Crippen molar-refractivity contribution in [3.63, 3.8) is 0 Å². The van der Waals surface area contributed by atoms with Crippen molar-refractivity contribution in [3.8, 4) is 0 Å². The van der Waals surface area contributed by atoms with Gasteiger partial charge in [-0.2, -0.15) is 0 Å². The van der Waals surface area contributed by atoms with Crippen molar-refractivity contribution in [3.05, 3.63) is 0 Å². The number of carboxylic acids is 1. The summed E-state index contributed by atoms with van der Waals surface area (Å²) in [6.45, 7) is 4.80. The number of nitrogens with one attached hydrogen (secondary N) is 2. The van der Waals surface area contributed by atoms with Crippen LogP contribution < -0.4 is 10.6 Å². The van der Waals surface area contributed by atoms with Crippen molar-refractivity contribution < 1.29 is 19.4 Å². The number of ether oxygens (including phenoxy) is 1. The number of urea groups is 1. The van der Waals surface area contributed by atoms with Gasteiger partial charge in [0.15, 0.2) is 0 Å². The third kappa shape index (κ3) is 4.68. The quantitative estimate of drug-likeness (QED) is 0.555. The third-order valence-corrected chi connectivity index (χ3v) is 3.24. The van der Waals surface area contributed by atoms with E-state index in [1.54, 1.807) is 7.05 Å². The van der Waals surface area contributed by atoms with Crippen LogP contribution in [0.5, 0.6) is 0 Å². The maximum absolute atomic E-state index is 11.9. The zero-order valence-corrected chi connectivity index (χ0v) is 11.5. The lowest BCUT2D eigenvalue weighted by Crippen LogP contribution is -2.48. The second kappa shape index (κ2) is 7.96. The van der Waals surface area contributed by atoms with Crippen LogP contribution in [0.4, 0.5) is 4.79 Å². The Kier molecular flexibility index (Phi) is 6.58. The Morgan fingerprint density at radius 3 is 2.74 bits per heavy atom. The van der Waals surface area contributed by atoms with E-state index in [-0.39, 0.29) is 19.2 Å². The molecule has 0 bridgehead atoms. The average molecular weight is 273 g/mol. The lowest BCUT2D eigenvalue weighted by molar-refractivity contribution is -0.142. The number of hydrogen-bond acceptors (Lipinski definition) is 4. The number of carbonyl (C=O) groups is 2. The molecule has 0 aliphatic carbocycles. The van der Waals surface area contributed by atoms with Crippen LogP contribution >= 0.6 is 0 Å². The zero-order valence-electron chi connectivity index (χ0n) is 11.5. The molecule has 0 radical (unpaired) electrons. The van der Waals surface area contributed by atoms with Gasteiger partial charge in [0.1, 0.15) is 5.92 Å². The van der Waals surface area contributed by atoms with Crippen LogP contribution in [0.1, 0.15) is 13.3 Å². The van der Waals surface area contributed by atoms with Crippen LogP contribution in [-0.4, -0.2) is 67.9 Å². The molecule has 19 heavy (non-hydrogen) atoms. The van der Waals surface area contributed by atoms with Crippen molar-refractivity contribution in [2.45, 2.75) is 19.4 Å². The second-order valence-electron chi connectivity index (χ2n) is 4.60. The minimum atomic E-state index is -0.922. The number of aliphatic carboxylic acids is 1. The van der Waals surface area contributed by atoms with Crippen LogP contribution in [-0.2, 0) is 9.53 Å². The van der Waals surface area contributed by atoms with E-state index < -0.39 is 17.9 Å². The van der Waals surface area contributed by atoms with Crippen LogP contribution in [0.3, 0.4) is 0 Å². The maximum atomic E-state index is 11.9. The number of hydrogen-bond donors (Lipinski definition) is 3. The number of carbonyl (C=O) groups excluding carboxylic acids is 1. The predicted octanol–water partition coefficient (Wildman–Crippen LogP) is -0.273. The van der Waals surface area contributed by atoms with Crippen LogP contribution in [0.15, 0.2) is 0 Å². The highest BCUT2D eigenvalue weighted by atomic mass is 16.5. The van der Waals surface area contributed by atoms with E-state index in [0.717, 1.165) is 19.5 Å². The summed E-state index contributed by atoms with van der Waals surface area (Å²) in [4.78, 5) is 24.3. The Balaban J connectivity index is 2.33. The number of likely N-dealkylation sites (N-methyl/N-ethyl adjacent to an activating group) is 1. The molecule has 1 fully saturated rings. The number of nitrogens with zero attached hydrogens (tertiary/aromatic N) is 1. The molecular weight excluding hydrogens is 250 g/mol. The van der Waals surface area contributed by atoms with Crippen molar-refractivity contribution in [1.82, 2.24) is 15.5 Å². The lowest BCUT2D eigenvalue weighted by atomic mass is 10.0. The molecule has 2 atom stereocenters. The molecule has 2 unspecified atom stereocenters. The smallest absolute Gasteiger partial charge is 0.317 e. The fourth-order valence-corrected chi connectivity index (χ4v) is 2.02. The van der Waals surface area contributed by atoms with Crippen LogP contribution in [0.2, 0.25) is 0 Å². The first-order chi connectivity index (χ1) is 9.07. The highest BCUT2D eigenvalue weighted by Gasteiger charge is 2.38. The summed E-state index contributed by atoms with van der Waals surface area (Å²) in [6.07, 6.45) is 0.844. The van der Waals surface area contributed by atoms with Crippen molar-refractivity contribution in [2.75, 3.05) is 39.9 Å². The molecule has 0 saturated carbocycles. The lowest BCUT2D eigenvalue weighted by Gasteiger charge is -2.26. The van der Waals surface area contributed by atoms with Crippen LogP contribution in [0.25, 0.3) is 0 Å². The van der Waals surface area contributed by atoms with Crippen LogP contribution in [0, 0.1) is 5.92 Å². The average Bonchev–Trinajstić information content (AvgIpc) is 2.86. The van der Waals surface area contributed by atoms with E-state index in [1.807, 2.05) is 6.92 Å². The molecule has 1 aliphatic heterocycles. The van der Waals surface area contributed by atoms with Gasteiger partial charge in [0.2, 0.25) is 0 Å². The van der Waals surface area contributed by atoms with Gasteiger partial charge in [-0.1, -0.05) is 6.92 Å². The summed E-state index contributed by atoms with van der Waals surface area (Å²) in [6, 6.07) is -0.649. The topological polar surface area (TPSA) is 90.9 Å². The van der Waals surface area contributed by atoms with Crippen molar-refractivity contribution >= 4 is 12.0 Å². The molecule has 1 rings (SSSR count). The van der Waals surface area contributed by atoms with E-state index in [0.29, 0.717) is 6.54 Å². The van der Waals surface area contributed by atoms with Gasteiger partial charge in [-0.25, -0.2) is 4.79 Å². The number of carboxylic acid groups (broad SMARTS) is 1. The minimum Gasteiger partial charge on any atom is -0.481 e. The molecule has 1 heterocycles. The molecular formula is C12H23N3O4. The summed E-state index contributed by atoms with van der Waals surface area (Å²) in [5.74, 6) is -1.56. The van der Waals surface area contributed by atoms with Gasteiger partial charge in [-0.05, 0) is 19.5 Å². The molecule has 7 heteroatoms. The molecule has 1 aliphatic rings. The predicted molar refractivity (Wildman–Crippen MR) is 70.1 cm³/mol. The molecule has 0 aromatic rings. The van der Waals surface area contributed by atoms with Gasteiger partial charge in [-0.15, -0.1) is 0 Å². The summed E-state index contributed by atoms with van der Waals surface area (Å²) < 4.78 is 5.15. The van der Waals surface area contributed by atoms with Crippen molar-refractivity contribution in [1.29, 1.82) is 0 Å². The molecule has 110 valence electrons. The Morgan fingerprint density at radius 2 is 2.11 bits per heavy atom. The van der Waals surface area contributed by atoms with Gasteiger partial charge < -0.3 is 25.4 Å². The number of rotatable bonds is 7. The first kappa shape index (κ1) is 15.7. The molecule has 7 nitrogen and oxygen atoms in total. The van der Waals surface area contributed by atoms with Gasteiger partial charge >= 0.3 is 12.0 Å². The monoisotopic (exact) mass is 273 g/mol. The van der Waals surface area contributed by atoms with E-state index >= 15 is 0 Å². The highest BCUT2D eigenvalue weighted by molar-refractivity contribution is 5.77. The van der Waals surface area contributed by atoms with Gasteiger partial charge in [0.25, 0.3) is 0 Å². The standard InChI is InChI=1S/C12H23N3O4/c1-3-13-5-4-6-14-12(18)15(2)10-8-19-7-9(10)11(16)17/h9-10,13H,3-8H2,1-2H3,(H,14,18)(H,16,17). The fourth-order valence-electron chi connectivity index (χ4n) is 2.02. The first-order valence-electron chi connectivity index (χ1n) is 6.59. The Bertz CT molecular complexity index is 311. The molecule has 0 spiro atoms. The highest BCUT2D eigenvalue weighted by Crippen LogP contribution is 2.18. The maximum Gasteiger partial charge on any atom is 0.317 e. The zero-order chi connectivity index (χ0) is 14.3. The second-order valence-corrected chi connectivity index (χ2v) is 4.60. The van der Waals surface area contributed by atoms with E-state index in [1.165, 1.54) is 4.90 Å². The Hall–Kier alpha value is -1.34. The van der Waals surface area contributed by atoms with Crippen molar-refractivity contribution in [2.24, 2.45) is 5.92 Å². The number of amides is 2. The Labute approximate surface area is 113 Å². The molecule has 0 aromatic carbocycles. The SMILES string of the molecule is CCNCCCNC(=O)N(C)C1COCC1C(=O)O. The van der Waals surface area contributed by atoms with E-state index in [2.05, 4.69) is 10.6 Å².